The molecule has 2 rings (SSSR count). The van der Waals surface area contributed by atoms with Gasteiger partial charge in [0, 0.05) is 25.3 Å². The molecule has 0 saturated heterocycles. The zero-order chi connectivity index (χ0) is 12.4. The van der Waals surface area contributed by atoms with E-state index < -0.39 is 0 Å². The van der Waals surface area contributed by atoms with E-state index >= 15 is 0 Å². The van der Waals surface area contributed by atoms with Crippen molar-refractivity contribution in [1.82, 2.24) is 4.37 Å². The van der Waals surface area contributed by atoms with Gasteiger partial charge in [0.1, 0.15) is 10.8 Å². The van der Waals surface area contributed by atoms with Crippen molar-refractivity contribution in [2.24, 2.45) is 0 Å². The highest BCUT2D eigenvalue weighted by Crippen LogP contribution is 2.49. The van der Waals surface area contributed by atoms with E-state index in [2.05, 4.69) is 23.1 Å². The summed E-state index contributed by atoms with van der Waals surface area (Å²) < 4.78 is 9.50. The number of hydrogen-bond donors (Lipinski definition) is 1. The van der Waals surface area contributed by atoms with Crippen molar-refractivity contribution in [3.8, 4) is 0 Å². The highest BCUT2D eigenvalue weighted by atomic mass is 32.1. The summed E-state index contributed by atoms with van der Waals surface area (Å²) in [6, 6.07) is 0.447. The van der Waals surface area contributed by atoms with Crippen LogP contribution in [0.15, 0.2) is 0 Å². The van der Waals surface area contributed by atoms with Crippen molar-refractivity contribution in [2.45, 2.75) is 38.6 Å². The molecule has 1 aromatic rings. The molecule has 1 fully saturated rings. The lowest BCUT2D eigenvalue weighted by atomic mass is 10.2. The molecule has 0 atom stereocenters. The van der Waals surface area contributed by atoms with Gasteiger partial charge < -0.3 is 15.4 Å². The van der Waals surface area contributed by atoms with Crippen LogP contribution in [0.5, 0.6) is 0 Å². The molecule has 1 aliphatic carbocycles. The van der Waals surface area contributed by atoms with Gasteiger partial charge in [0.15, 0.2) is 0 Å². The predicted molar refractivity (Wildman–Crippen MR) is 72.9 cm³/mol. The summed E-state index contributed by atoms with van der Waals surface area (Å²) in [6.45, 7) is 6.03. The summed E-state index contributed by atoms with van der Waals surface area (Å²) >= 11 is 1.53. The summed E-state index contributed by atoms with van der Waals surface area (Å²) in [6.07, 6.45) is 2.51. The maximum absolute atomic E-state index is 5.99. The maximum atomic E-state index is 5.99. The van der Waals surface area contributed by atoms with E-state index in [1.54, 1.807) is 7.11 Å². The zero-order valence-electron chi connectivity index (χ0n) is 10.8. The van der Waals surface area contributed by atoms with Crippen molar-refractivity contribution in [3.05, 3.63) is 5.56 Å². The van der Waals surface area contributed by atoms with Gasteiger partial charge in [-0.15, -0.1) is 0 Å². The molecule has 0 bridgehead atoms. The van der Waals surface area contributed by atoms with Crippen LogP contribution in [0.3, 0.4) is 0 Å². The van der Waals surface area contributed by atoms with E-state index in [4.69, 9.17) is 10.5 Å². The first-order chi connectivity index (χ1) is 8.15. The average Bonchev–Trinajstić information content (AvgIpc) is 3.04. The molecule has 17 heavy (non-hydrogen) atoms. The van der Waals surface area contributed by atoms with Crippen molar-refractivity contribution in [1.29, 1.82) is 0 Å². The lowest BCUT2D eigenvalue weighted by Gasteiger charge is -2.28. The van der Waals surface area contributed by atoms with Crippen molar-refractivity contribution in [3.63, 3.8) is 0 Å². The second-order valence-corrected chi connectivity index (χ2v) is 5.59. The van der Waals surface area contributed by atoms with Crippen LogP contribution in [0.4, 0.5) is 10.8 Å². The number of aromatic nitrogens is 1. The molecule has 0 aliphatic heterocycles. The highest BCUT2D eigenvalue weighted by molar-refractivity contribution is 7.10. The topological polar surface area (TPSA) is 51.4 Å². The van der Waals surface area contributed by atoms with Gasteiger partial charge >= 0.3 is 0 Å². The lowest BCUT2D eigenvalue weighted by molar-refractivity contribution is 0.204. The van der Waals surface area contributed by atoms with Crippen LogP contribution < -0.4 is 10.6 Å². The molecule has 0 spiro atoms. The number of nitrogens with zero attached hydrogens (tertiary/aromatic N) is 2. The van der Waals surface area contributed by atoms with E-state index in [9.17, 15) is 0 Å². The van der Waals surface area contributed by atoms with E-state index in [0.29, 0.717) is 12.0 Å². The largest absolute Gasteiger partial charge is 0.383 e. The quantitative estimate of drug-likeness (QED) is 0.848. The smallest absolute Gasteiger partial charge is 0.142 e. The van der Waals surface area contributed by atoms with Gasteiger partial charge in [-0.25, -0.2) is 0 Å². The third kappa shape index (κ3) is 2.72. The fourth-order valence-electron chi connectivity index (χ4n) is 2.05. The fourth-order valence-corrected chi connectivity index (χ4v) is 3.11. The Hall–Kier alpha value is -0.810. The van der Waals surface area contributed by atoms with Crippen molar-refractivity contribution < 1.29 is 4.74 Å². The van der Waals surface area contributed by atoms with Crippen LogP contribution in [0.1, 0.15) is 38.2 Å². The number of hydrogen-bond acceptors (Lipinski definition) is 5. The molecule has 96 valence electrons. The predicted octanol–water partition coefficient (Wildman–Crippen LogP) is 2.46. The molecular weight excluding hydrogens is 234 g/mol. The van der Waals surface area contributed by atoms with Gasteiger partial charge in [0.25, 0.3) is 0 Å². The Bertz CT molecular complexity index is 374. The third-order valence-electron chi connectivity index (χ3n) is 3.14. The third-order valence-corrected chi connectivity index (χ3v) is 4.06. The number of anilines is 2. The minimum Gasteiger partial charge on any atom is -0.383 e. The Morgan fingerprint density at radius 3 is 2.76 bits per heavy atom. The Balaban J connectivity index is 2.22. The first-order valence-corrected chi connectivity index (χ1v) is 6.93. The second kappa shape index (κ2) is 5.23. The molecule has 1 aromatic heterocycles. The van der Waals surface area contributed by atoms with Gasteiger partial charge in [-0.3, -0.25) is 0 Å². The molecule has 2 N–H and O–H groups in total. The molecule has 0 aromatic carbocycles. The molecular formula is C12H21N3OS. The standard InChI is InChI=1S/C12H21N3OS/c1-8(2)15(6-7-16-3)12-10(9-4-5-9)11(13)14-17-12/h8-9H,4-7H2,1-3H3,(H2,13,14). The number of methoxy groups -OCH3 is 1. The summed E-state index contributed by atoms with van der Waals surface area (Å²) in [5, 5.41) is 1.25. The number of ether oxygens (including phenoxy) is 1. The summed E-state index contributed by atoms with van der Waals surface area (Å²) in [5.74, 6) is 1.38. The van der Waals surface area contributed by atoms with Gasteiger partial charge in [-0.2, -0.15) is 4.37 Å². The normalized spacial score (nSPS) is 15.5. The molecule has 1 saturated carbocycles. The van der Waals surface area contributed by atoms with Crippen LogP contribution in [0.25, 0.3) is 0 Å². The number of nitrogens with two attached hydrogens (primary N) is 1. The first-order valence-electron chi connectivity index (χ1n) is 6.15. The Labute approximate surface area is 107 Å². The molecule has 0 amide bonds. The van der Waals surface area contributed by atoms with Crippen LogP contribution in [0, 0.1) is 0 Å². The van der Waals surface area contributed by atoms with Crippen LogP contribution >= 0.6 is 11.5 Å². The highest BCUT2D eigenvalue weighted by Gasteiger charge is 2.32. The van der Waals surface area contributed by atoms with E-state index in [0.717, 1.165) is 19.0 Å². The minimum absolute atomic E-state index is 0.447. The van der Waals surface area contributed by atoms with Crippen LogP contribution in [0.2, 0.25) is 0 Å². The molecule has 1 heterocycles. The van der Waals surface area contributed by atoms with Crippen LogP contribution in [-0.4, -0.2) is 30.7 Å². The summed E-state index contributed by atoms with van der Waals surface area (Å²) in [4.78, 5) is 2.35. The zero-order valence-corrected chi connectivity index (χ0v) is 11.6. The van der Waals surface area contributed by atoms with Gasteiger partial charge in [-0.1, -0.05) is 0 Å². The van der Waals surface area contributed by atoms with Crippen molar-refractivity contribution in [2.75, 3.05) is 30.9 Å². The Kier molecular flexibility index (Phi) is 3.89. The van der Waals surface area contributed by atoms with E-state index in [1.165, 1.54) is 34.9 Å². The SMILES string of the molecule is COCCN(c1snc(N)c1C1CC1)C(C)C. The Morgan fingerprint density at radius 2 is 2.24 bits per heavy atom. The first kappa shape index (κ1) is 12.6. The maximum Gasteiger partial charge on any atom is 0.142 e. The van der Waals surface area contributed by atoms with E-state index in [-0.39, 0.29) is 0 Å². The van der Waals surface area contributed by atoms with Gasteiger partial charge in [-0.05, 0) is 44.1 Å². The monoisotopic (exact) mass is 255 g/mol. The van der Waals surface area contributed by atoms with Crippen molar-refractivity contribution >= 4 is 22.4 Å². The molecule has 4 nitrogen and oxygen atoms in total. The average molecular weight is 255 g/mol. The van der Waals surface area contributed by atoms with Crippen LogP contribution in [-0.2, 0) is 4.74 Å². The summed E-state index contributed by atoms with van der Waals surface area (Å²) in [7, 11) is 1.74. The molecule has 1 aliphatic rings. The minimum atomic E-state index is 0.447. The fraction of sp³-hybridized carbons (Fsp3) is 0.750. The molecule has 5 heteroatoms. The molecule has 0 radical (unpaired) electrons. The second-order valence-electron chi connectivity index (χ2n) is 4.84. The number of nitrogen functional groups attached to an aromatic ring is 1. The van der Waals surface area contributed by atoms with Gasteiger partial charge in [0.2, 0.25) is 0 Å². The molecule has 0 unspecified atom stereocenters. The summed E-state index contributed by atoms with van der Waals surface area (Å²) in [5.41, 5.74) is 7.27. The number of rotatable bonds is 6. The van der Waals surface area contributed by atoms with E-state index in [1.807, 2.05) is 0 Å². The van der Waals surface area contributed by atoms with Gasteiger partial charge in [0.05, 0.1) is 6.61 Å². The lowest BCUT2D eigenvalue weighted by Crippen LogP contribution is -2.33. The Morgan fingerprint density at radius 1 is 1.53 bits per heavy atom.